The Hall–Kier alpha value is -2.82. The molecule has 20 heavy (non-hydrogen) atoms. The van der Waals surface area contributed by atoms with Crippen molar-refractivity contribution >= 4 is 12.1 Å². The second-order valence-corrected chi connectivity index (χ2v) is 4.02. The number of hydrazone groups is 1. The number of hydrogen-bond acceptors (Lipinski definition) is 4. The third-order valence-electron chi connectivity index (χ3n) is 2.63. The second-order valence-electron chi connectivity index (χ2n) is 4.02. The predicted octanol–water partition coefficient (Wildman–Crippen LogP) is 2.16. The minimum Gasteiger partial charge on any atom is -0.508 e. The standard InChI is InChI=1S/C15H14N2O3/c1-20-14-8-2-11(3-9-14)10-16-17-15(19)12-4-6-13(18)7-5-12/h2-10,18H,1H3,(H,17,19)/b16-10-. The predicted molar refractivity (Wildman–Crippen MR) is 76.2 cm³/mol. The molecule has 2 aromatic rings. The molecule has 5 nitrogen and oxygen atoms in total. The van der Waals surface area contributed by atoms with E-state index in [1.807, 2.05) is 24.3 Å². The number of nitrogens with one attached hydrogen (secondary N) is 1. The maximum Gasteiger partial charge on any atom is 0.271 e. The molecule has 5 heteroatoms. The van der Waals surface area contributed by atoms with E-state index in [1.165, 1.54) is 30.5 Å². The summed E-state index contributed by atoms with van der Waals surface area (Å²) in [5, 5.41) is 13.0. The van der Waals surface area contributed by atoms with E-state index in [2.05, 4.69) is 10.5 Å². The van der Waals surface area contributed by atoms with Crippen LogP contribution in [0.2, 0.25) is 0 Å². The highest BCUT2D eigenvalue weighted by Crippen LogP contribution is 2.10. The zero-order valence-corrected chi connectivity index (χ0v) is 10.9. The van der Waals surface area contributed by atoms with Gasteiger partial charge in [-0.2, -0.15) is 5.10 Å². The lowest BCUT2D eigenvalue weighted by Gasteiger charge is -2.00. The Balaban J connectivity index is 1.95. The van der Waals surface area contributed by atoms with Gasteiger partial charge in [0.25, 0.3) is 5.91 Å². The van der Waals surface area contributed by atoms with E-state index in [-0.39, 0.29) is 11.7 Å². The molecule has 0 bridgehead atoms. The van der Waals surface area contributed by atoms with Gasteiger partial charge in [0.1, 0.15) is 11.5 Å². The van der Waals surface area contributed by atoms with Crippen molar-refractivity contribution in [3.05, 3.63) is 59.7 Å². The number of aromatic hydroxyl groups is 1. The molecule has 0 spiro atoms. The first-order valence-corrected chi connectivity index (χ1v) is 5.95. The number of phenolic OH excluding ortho intramolecular Hbond substituents is 1. The fourth-order valence-electron chi connectivity index (χ4n) is 1.53. The first-order chi connectivity index (χ1) is 9.69. The van der Waals surface area contributed by atoms with Crippen LogP contribution in [0.25, 0.3) is 0 Å². The normalized spacial score (nSPS) is 10.4. The zero-order valence-electron chi connectivity index (χ0n) is 10.9. The number of ether oxygens (including phenoxy) is 1. The van der Waals surface area contributed by atoms with Crippen LogP contribution < -0.4 is 10.2 Å². The second kappa shape index (κ2) is 6.38. The number of nitrogens with zero attached hydrogens (tertiary/aromatic N) is 1. The average Bonchev–Trinajstić information content (AvgIpc) is 2.48. The van der Waals surface area contributed by atoms with Crippen LogP contribution in [-0.4, -0.2) is 24.3 Å². The maximum atomic E-state index is 11.7. The van der Waals surface area contributed by atoms with E-state index in [0.29, 0.717) is 5.56 Å². The largest absolute Gasteiger partial charge is 0.508 e. The summed E-state index contributed by atoms with van der Waals surface area (Å²) in [6, 6.07) is 13.2. The lowest BCUT2D eigenvalue weighted by Crippen LogP contribution is -2.17. The smallest absolute Gasteiger partial charge is 0.271 e. The number of amides is 1. The van der Waals surface area contributed by atoms with Crippen molar-refractivity contribution in [3.63, 3.8) is 0 Å². The Labute approximate surface area is 116 Å². The Morgan fingerprint density at radius 3 is 2.40 bits per heavy atom. The van der Waals surface area contributed by atoms with Crippen molar-refractivity contribution in [3.8, 4) is 11.5 Å². The highest BCUT2D eigenvalue weighted by molar-refractivity contribution is 5.94. The van der Waals surface area contributed by atoms with Gasteiger partial charge in [0.2, 0.25) is 0 Å². The molecular weight excluding hydrogens is 256 g/mol. The third kappa shape index (κ3) is 3.58. The summed E-state index contributed by atoms with van der Waals surface area (Å²) in [5.41, 5.74) is 3.68. The molecule has 0 unspecified atom stereocenters. The Morgan fingerprint density at radius 2 is 1.80 bits per heavy atom. The van der Waals surface area contributed by atoms with Crippen LogP contribution in [0.4, 0.5) is 0 Å². The minimum atomic E-state index is -0.338. The molecule has 0 heterocycles. The molecule has 0 atom stereocenters. The summed E-state index contributed by atoms with van der Waals surface area (Å²) in [5.74, 6) is 0.535. The number of methoxy groups -OCH3 is 1. The zero-order chi connectivity index (χ0) is 14.4. The number of benzene rings is 2. The summed E-state index contributed by atoms with van der Waals surface area (Å²) < 4.78 is 5.04. The Kier molecular flexibility index (Phi) is 4.34. The van der Waals surface area contributed by atoms with Gasteiger partial charge >= 0.3 is 0 Å². The topological polar surface area (TPSA) is 70.9 Å². The van der Waals surface area contributed by atoms with Crippen LogP contribution >= 0.6 is 0 Å². The number of rotatable bonds is 4. The van der Waals surface area contributed by atoms with E-state index in [0.717, 1.165) is 11.3 Å². The molecule has 0 saturated heterocycles. The molecule has 0 aliphatic carbocycles. The summed E-state index contributed by atoms with van der Waals surface area (Å²) in [6.07, 6.45) is 1.54. The van der Waals surface area contributed by atoms with Crippen LogP contribution in [0, 0.1) is 0 Å². The molecule has 0 radical (unpaired) electrons. The summed E-state index contributed by atoms with van der Waals surface area (Å²) in [6.45, 7) is 0. The molecule has 2 aromatic carbocycles. The van der Waals surface area contributed by atoms with E-state index in [4.69, 9.17) is 9.84 Å². The molecule has 0 saturated carbocycles. The van der Waals surface area contributed by atoms with Gasteiger partial charge in [0.15, 0.2) is 0 Å². The van der Waals surface area contributed by atoms with Gasteiger partial charge in [-0.25, -0.2) is 5.43 Å². The van der Waals surface area contributed by atoms with Crippen LogP contribution in [-0.2, 0) is 0 Å². The van der Waals surface area contributed by atoms with Crippen LogP contribution in [0.5, 0.6) is 11.5 Å². The van der Waals surface area contributed by atoms with Crippen LogP contribution in [0.3, 0.4) is 0 Å². The van der Waals surface area contributed by atoms with Crippen molar-refractivity contribution in [2.75, 3.05) is 7.11 Å². The van der Waals surface area contributed by atoms with Gasteiger partial charge in [-0.05, 0) is 54.1 Å². The molecule has 2 N–H and O–H groups in total. The number of phenols is 1. The van der Waals surface area contributed by atoms with E-state index in [1.54, 1.807) is 7.11 Å². The first-order valence-electron chi connectivity index (χ1n) is 5.95. The van der Waals surface area contributed by atoms with E-state index in [9.17, 15) is 4.79 Å². The lowest BCUT2D eigenvalue weighted by molar-refractivity contribution is 0.0955. The minimum absolute atomic E-state index is 0.114. The molecule has 0 fully saturated rings. The number of hydrogen-bond donors (Lipinski definition) is 2. The van der Waals surface area contributed by atoms with Gasteiger partial charge in [-0.15, -0.1) is 0 Å². The molecule has 102 valence electrons. The summed E-state index contributed by atoms with van der Waals surface area (Å²) >= 11 is 0. The number of carbonyl (C=O) groups excluding carboxylic acids is 1. The average molecular weight is 270 g/mol. The molecular formula is C15H14N2O3. The van der Waals surface area contributed by atoms with Crippen molar-refractivity contribution < 1.29 is 14.6 Å². The molecule has 1 amide bonds. The maximum absolute atomic E-state index is 11.7. The molecule has 2 rings (SSSR count). The summed E-state index contributed by atoms with van der Waals surface area (Å²) in [4.78, 5) is 11.7. The van der Waals surface area contributed by atoms with E-state index < -0.39 is 0 Å². The highest BCUT2D eigenvalue weighted by Gasteiger charge is 2.03. The van der Waals surface area contributed by atoms with Crippen molar-refractivity contribution in [1.29, 1.82) is 0 Å². The van der Waals surface area contributed by atoms with Crippen molar-refractivity contribution in [2.24, 2.45) is 5.10 Å². The molecule has 0 aliphatic heterocycles. The summed E-state index contributed by atoms with van der Waals surface area (Å²) in [7, 11) is 1.60. The van der Waals surface area contributed by atoms with E-state index >= 15 is 0 Å². The Bertz CT molecular complexity index is 604. The van der Waals surface area contributed by atoms with Crippen molar-refractivity contribution in [2.45, 2.75) is 0 Å². The van der Waals surface area contributed by atoms with Gasteiger partial charge in [-0.1, -0.05) is 0 Å². The first kappa shape index (κ1) is 13.6. The van der Waals surface area contributed by atoms with Gasteiger partial charge in [0, 0.05) is 5.56 Å². The molecule has 0 aliphatic rings. The number of carbonyl (C=O) groups is 1. The van der Waals surface area contributed by atoms with Gasteiger partial charge < -0.3 is 9.84 Å². The fourth-order valence-corrected chi connectivity index (χ4v) is 1.53. The fraction of sp³-hybridized carbons (Fsp3) is 0.0667. The third-order valence-corrected chi connectivity index (χ3v) is 2.63. The monoisotopic (exact) mass is 270 g/mol. The van der Waals surface area contributed by atoms with Crippen LogP contribution in [0.15, 0.2) is 53.6 Å². The van der Waals surface area contributed by atoms with Crippen molar-refractivity contribution in [1.82, 2.24) is 5.43 Å². The highest BCUT2D eigenvalue weighted by atomic mass is 16.5. The lowest BCUT2D eigenvalue weighted by atomic mass is 10.2. The van der Waals surface area contributed by atoms with Crippen LogP contribution in [0.1, 0.15) is 15.9 Å². The SMILES string of the molecule is COc1ccc(/C=N\NC(=O)c2ccc(O)cc2)cc1. The quantitative estimate of drug-likeness (QED) is 0.660. The Morgan fingerprint density at radius 1 is 1.15 bits per heavy atom. The van der Waals surface area contributed by atoms with Gasteiger partial charge in [0.05, 0.1) is 13.3 Å². The molecule has 0 aromatic heterocycles. The van der Waals surface area contributed by atoms with Gasteiger partial charge in [-0.3, -0.25) is 4.79 Å².